The Morgan fingerprint density at radius 3 is 2.11 bits per heavy atom. The quantitative estimate of drug-likeness (QED) is 0.321. The first kappa shape index (κ1) is 32.6. The van der Waals surface area contributed by atoms with Crippen LogP contribution in [-0.2, 0) is 23.9 Å². The van der Waals surface area contributed by atoms with Gasteiger partial charge in [0.05, 0.1) is 24.6 Å². The summed E-state index contributed by atoms with van der Waals surface area (Å²) in [6, 6.07) is -0.110. The molecule has 0 aliphatic carbocycles. The van der Waals surface area contributed by atoms with Crippen LogP contribution in [-0.4, -0.2) is 78.0 Å². The molecular weight excluding hydrogens is 456 g/mol. The van der Waals surface area contributed by atoms with E-state index in [0.717, 1.165) is 32.2 Å². The molecule has 1 heterocycles. The molecule has 0 bridgehead atoms. The molecule has 210 valence electrons. The molecule has 0 aromatic heterocycles. The van der Waals surface area contributed by atoms with Crippen LogP contribution in [0.2, 0.25) is 0 Å². The van der Waals surface area contributed by atoms with Gasteiger partial charge in [-0.05, 0) is 65.8 Å². The maximum atomic E-state index is 13.9. The standard InChI is InChI=1S/C29H54N2O5/c1-12-21(6)27(25(35-11)18-26(33)36-29(7,8)9)30(10)28(34)22(19(2)3)17-24(32)23-15-13-14-16-31(23)20(4)5/h19-23,25,27H,12-18H2,1-11H3/t21-,22-,23+,25+,27-/m0/s1. The van der Waals surface area contributed by atoms with Gasteiger partial charge < -0.3 is 14.4 Å². The van der Waals surface area contributed by atoms with Crippen LogP contribution in [0.1, 0.15) is 101 Å². The number of carbonyl (C=O) groups is 3. The highest BCUT2D eigenvalue weighted by Gasteiger charge is 2.40. The number of carbonyl (C=O) groups excluding carboxylic acids is 3. The number of Topliss-reactive ketones (excluding diaryl/α,β-unsaturated/α-hetero) is 1. The predicted molar refractivity (Wildman–Crippen MR) is 145 cm³/mol. The first-order chi connectivity index (χ1) is 16.6. The molecule has 0 aromatic rings. The van der Waals surface area contributed by atoms with Gasteiger partial charge in [0.1, 0.15) is 5.60 Å². The number of rotatable bonds is 13. The molecule has 1 aliphatic heterocycles. The van der Waals surface area contributed by atoms with E-state index in [1.807, 2.05) is 34.6 Å². The molecule has 0 radical (unpaired) electrons. The summed E-state index contributed by atoms with van der Waals surface area (Å²) in [5.74, 6) is -0.522. The summed E-state index contributed by atoms with van der Waals surface area (Å²) in [7, 11) is 3.37. The minimum atomic E-state index is -0.588. The predicted octanol–water partition coefficient (Wildman–Crippen LogP) is 5.10. The van der Waals surface area contributed by atoms with E-state index in [9.17, 15) is 14.4 Å². The number of ether oxygens (including phenoxy) is 2. The SMILES string of the molecule is CC[C@H](C)[C@@H]([C@@H](CC(=O)OC(C)(C)C)OC)N(C)C(=O)[C@@H](CC(=O)[C@H]1CCCCN1C(C)C)C(C)C. The number of methoxy groups -OCH3 is 1. The van der Waals surface area contributed by atoms with Crippen molar-refractivity contribution in [2.24, 2.45) is 17.8 Å². The monoisotopic (exact) mass is 510 g/mol. The first-order valence-corrected chi connectivity index (χ1v) is 13.9. The summed E-state index contributed by atoms with van der Waals surface area (Å²) in [6.45, 7) is 18.9. The van der Waals surface area contributed by atoms with E-state index >= 15 is 0 Å². The number of piperidine rings is 1. The van der Waals surface area contributed by atoms with Crippen LogP contribution in [0.4, 0.5) is 0 Å². The third-order valence-electron chi connectivity index (χ3n) is 7.62. The van der Waals surface area contributed by atoms with Crippen molar-refractivity contribution in [3.8, 4) is 0 Å². The second-order valence-electron chi connectivity index (χ2n) is 12.3. The average Bonchev–Trinajstić information content (AvgIpc) is 2.79. The lowest BCUT2D eigenvalue weighted by molar-refractivity contribution is -0.161. The fourth-order valence-corrected chi connectivity index (χ4v) is 5.42. The molecule has 7 nitrogen and oxygen atoms in total. The maximum absolute atomic E-state index is 13.9. The number of ketones is 1. The van der Waals surface area contributed by atoms with Gasteiger partial charge in [-0.3, -0.25) is 19.3 Å². The van der Waals surface area contributed by atoms with Crippen LogP contribution in [0.25, 0.3) is 0 Å². The molecule has 0 saturated carbocycles. The van der Waals surface area contributed by atoms with E-state index < -0.39 is 17.6 Å². The maximum Gasteiger partial charge on any atom is 0.309 e. The number of hydrogen-bond acceptors (Lipinski definition) is 6. The summed E-state index contributed by atoms with van der Waals surface area (Å²) in [5.41, 5.74) is -0.588. The number of hydrogen-bond donors (Lipinski definition) is 0. The Balaban J connectivity index is 3.13. The van der Waals surface area contributed by atoms with Crippen molar-refractivity contribution in [1.29, 1.82) is 0 Å². The van der Waals surface area contributed by atoms with Gasteiger partial charge in [-0.15, -0.1) is 0 Å². The van der Waals surface area contributed by atoms with Crippen LogP contribution in [0.15, 0.2) is 0 Å². The molecule has 5 atom stereocenters. The van der Waals surface area contributed by atoms with Crippen molar-refractivity contribution >= 4 is 17.7 Å². The highest BCUT2D eigenvalue weighted by molar-refractivity contribution is 5.90. The molecule has 0 aromatic carbocycles. The second-order valence-corrected chi connectivity index (χ2v) is 12.3. The molecule has 0 N–H and O–H groups in total. The number of amides is 1. The Bertz CT molecular complexity index is 715. The zero-order valence-corrected chi connectivity index (χ0v) is 24.9. The molecular formula is C29H54N2O5. The molecule has 1 amide bonds. The van der Waals surface area contributed by atoms with Gasteiger partial charge in [-0.2, -0.15) is 0 Å². The third-order valence-corrected chi connectivity index (χ3v) is 7.62. The van der Waals surface area contributed by atoms with Crippen molar-refractivity contribution in [2.75, 3.05) is 20.7 Å². The Morgan fingerprint density at radius 2 is 1.64 bits per heavy atom. The Labute approximate surface area is 220 Å². The Kier molecular flexibility index (Phi) is 13.1. The van der Waals surface area contributed by atoms with Crippen molar-refractivity contribution in [1.82, 2.24) is 9.80 Å². The highest BCUT2D eigenvalue weighted by atomic mass is 16.6. The Hall–Kier alpha value is -1.47. The summed E-state index contributed by atoms with van der Waals surface area (Å²) in [5, 5.41) is 0. The summed E-state index contributed by atoms with van der Waals surface area (Å²) in [4.78, 5) is 44.1. The lowest BCUT2D eigenvalue weighted by atomic mass is 9.84. The van der Waals surface area contributed by atoms with Crippen LogP contribution >= 0.6 is 0 Å². The van der Waals surface area contributed by atoms with E-state index in [1.54, 1.807) is 19.1 Å². The van der Waals surface area contributed by atoms with Crippen LogP contribution in [0.5, 0.6) is 0 Å². The van der Waals surface area contributed by atoms with Gasteiger partial charge in [0.25, 0.3) is 0 Å². The molecule has 36 heavy (non-hydrogen) atoms. The normalized spacial score (nSPS) is 20.6. The second kappa shape index (κ2) is 14.5. The third kappa shape index (κ3) is 9.44. The Morgan fingerprint density at radius 1 is 1.03 bits per heavy atom. The van der Waals surface area contributed by atoms with E-state index in [-0.39, 0.29) is 54.4 Å². The van der Waals surface area contributed by atoms with Gasteiger partial charge in [0, 0.05) is 32.5 Å². The summed E-state index contributed by atoms with van der Waals surface area (Å²) in [6.07, 6.45) is 3.67. The lowest BCUT2D eigenvalue weighted by Crippen LogP contribution is -2.53. The van der Waals surface area contributed by atoms with E-state index in [2.05, 4.69) is 32.6 Å². The largest absolute Gasteiger partial charge is 0.460 e. The average molecular weight is 511 g/mol. The number of likely N-dealkylation sites (N-methyl/N-ethyl adjacent to an activating group) is 1. The molecule has 0 spiro atoms. The molecule has 1 fully saturated rings. The van der Waals surface area contributed by atoms with Gasteiger partial charge in [0.15, 0.2) is 5.78 Å². The minimum Gasteiger partial charge on any atom is -0.460 e. The molecule has 7 heteroatoms. The summed E-state index contributed by atoms with van der Waals surface area (Å²) < 4.78 is 11.3. The van der Waals surface area contributed by atoms with Crippen molar-refractivity contribution in [2.45, 2.75) is 131 Å². The highest BCUT2D eigenvalue weighted by Crippen LogP contribution is 2.29. The van der Waals surface area contributed by atoms with Crippen molar-refractivity contribution < 1.29 is 23.9 Å². The zero-order chi connectivity index (χ0) is 27.8. The van der Waals surface area contributed by atoms with Gasteiger partial charge in [0.2, 0.25) is 5.91 Å². The van der Waals surface area contributed by atoms with Crippen LogP contribution in [0, 0.1) is 17.8 Å². The zero-order valence-electron chi connectivity index (χ0n) is 24.9. The first-order valence-electron chi connectivity index (χ1n) is 13.9. The van der Waals surface area contributed by atoms with E-state index in [1.165, 1.54) is 0 Å². The van der Waals surface area contributed by atoms with E-state index in [4.69, 9.17) is 9.47 Å². The van der Waals surface area contributed by atoms with Gasteiger partial charge in [-0.1, -0.05) is 40.5 Å². The summed E-state index contributed by atoms with van der Waals surface area (Å²) >= 11 is 0. The van der Waals surface area contributed by atoms with Gasteiger partial charge >= 0.3 is 5.97 Å². The molecule has 1 saturated heterocycles. The lowest BCUT2D eigenvalue weighted by Gasteiger charge is -2.41. The number of esters is 1. The van der Waals surface area contributed by atoms with E-state index in [0.29, 0.717) is 6.04 Å². The van der Waals surface area contributed by atoms with Gasteiger partial charge in [-0.25, -0.2) is 0 Å². The van der Waals surface area contributed by atoms with Crippen molar-refractivity contribution in [3.63, 3.8) is 0 Å². The fourth-order valence-electron chi connectivity index (χ4n) is 5.42. The van der Waals surface area contributed by atoms with Crippen molar-refractivity contribution in [3.05, 3.63) is 0 Å². The molecule has 1 rings (SSSR count). The van der Waals surface area contributed by atoms with Crippen LogP contribution in [0.3, 0.4) is 0 Å². The molecule has 1 aliphatic rings. The minimum absolute atomic E-state index is 0.0180. The topological polar surface area (TPSA) is 76.1 Å². The molecule has 0 unspecified atom stereocenters. The number of nitrogens with zero attached hydrogens (tertiary/aromatic N) is 2. The fraction of sp³-hybridized carbons (Fsp3) is 0.897. The van der Waals surface area contributed by atoms with Crippen LogP contribution < -0.4 is 0 Å². The smallest absolute Gasteiger partial charge is 0.309 e. The number of likely N-dealkylation sites (tertiary alicyclic amines) is 1.